The number of tetrazole rings is 1. The fourth-order valence-electron chi connectivity index (χ4n) is 6.11. The maximum absolute atomic E-state index is 13.8. The van der Waals surface area contributed by atoms with Crippen LogP contribution < -0.4 is 20.7 Å². The summed E-state index contributed by atoms with van der Waals surface area (Å²) >= 11 is 0. The van der Waals surface area contributed by atoms with E-state index in [2.05, 4.69) is 36.6 Å². The third kappa shape index (κ3) is 10.4. The maximum atomic E-state index is 13.8. The monoisotopic (exact) mass is 711 g/mol. The molecule has 0 aliphatic heterocycles. The van der Waals surface area contributed by atoms with Crippen molar-refractivity contribution in [2.24, 2.45) is 11.8 Å². The number of carboxylic acid groups (broad SMARTS) is 1. The van der Waals surface area contributed by atoms with E-state index in [0.29, 0.717) is 43.3 Å². The third-order valence-electron chi connectivity index (χ3n) is 8.77. The van der Waals surface area contributed by atoms with Crippen LogP contribution in [-0.2, 0) is 20.7 Å². The number of hydrogen-bond acceptors (Lipinski definition) is 9. The van der Waals surface area contributed by atoms with Crippen molar-refractivity contribution in [2.75, 3.05) is 18.5 Å². The second-order valence-electron chi connectivity index (χ2n) is 13.8. The number of nitrogens with zero attached hydrogens (tertiary/aromatic N) is 3. The summed E-state index contributed by atoms with van der Waals surface area (Å²) in [5.74, 6) is -0.761. The zero-order valence-electron chi connectivity index (χ0n) is 29.8. The van der Waals surface area contributed by atoms with Gasteiger partial charge in [0.2, 0.25) is 17.6 Å². The minimum absolute atomic E-state index is 0.129. The molecule has 52 heavy (non-hydrogen) atoms. The molecule has 14 nitrogen and oxygen atoms in total. The number of amides is 3. The fraction of sp³-hybridized carbons (Fsp3) is 0.395. The molecular formula is C38H45N7O7. The topological polar surface area (TPSA) is 198 Å². The van der Waals surface area contributed by atoms with Crippen LogP contribution in [0.3, 0.4) is 0 Å². The second kappa shape index (κ2) is 16.9. The van der Waals surface area contributed by atoms with Gasteiger partial charge in [0.05, 0.1) is 12.2 Å². The number of benzene rings is 3. The molecular weight excluding hydrogens is 666 g/mol. The first-order valence-electron chi connectivity index (χ1n) is 17.4. The summed E-state index contributed by atoms with van der Waals surface area (Å²) in [4.78, 5) is 51.0. The molecule has 0 bridgehead atoms. The molecule has 0 unspecified atom stereocenters. The van der Waals surface area contributed by atoms with Gasteiger partial charge in [0, 0.05) is 35.7 Å². The van der Waals surface area contributed by atoms with Gasteiger partial charge < -0.3 is 30.5 Å². The highest BCUT2D eigenvalue weighted by Gasteiger charge is 2.30. The summed E-state index contributed by atoms with van der Waals surface area (Å²) in [6, 6.07) is 18.4. The van der Waals surface area contributed by atoms with Crippen LogP contribution in [0.4, 0.5) is 10.5 Å². The van der Waals surface area contributed by atoms with Crippen LogP contribution in [0.2, 0.25) is 0 Å². The lowest BCUT2D eigenvalue weighted by Crippen LogP contribution is -2.48. The van der Waals surface area contributed by atoms with Crippen molar-refractivity contribution in [3.8, 4) is 28.3 Å². The molecule has 5 rings (SSSR count). The van der Waals surface area contributed by atoms with E-state index in [1.54, 1.807) is 30.3 Å². The number of aromatic carboxylic acids is 1. The Bertz CT molecular complexity index is 1830. The van der Waals surface area contributed by atoms with Crippen LogP contribution in [0, 0.1) is 11.8 Å². The summed E-state index contributed by atoms with van der Waals surface area (Å²) in [5.41, 5.74) is 3.18. The molecule has 1 aliphatic rings. The van der Waals surface area contributed by atoms with Crippen LogP contribution in [0.25, 0.3) is 22.5 Å². The van der Waals surface area contributed by atoms with E-state index in [0.717, 1.165) is 35.1 Å². The van der Waals surface area contributed by atoms with Crippen LogP contribution in [0.5, 0.6) is 5.75 Å². The second-order valence-corrected chi connectivity index (χ2v) is 13.8. The van der Waals surface area contributed by atoms with Crippen molar-refractivity contribution < 1.29 is 33.8 Å². The minimum atomic E-state index is -1.04. The Labute approximate surface area is 302 Å². The zero-order valence-corrected chi connectivity index (χ0v) is 29.8. The average molecular weight is 712 g/mol. The molecule has 1 saturated carbocycles. The molecule has 3 amide bonds. The number of ether oxygens (including phenoxy) is 2. The van der Waals surface area contributed by atoms with Crippen LogP contribution >= 0.6 is 0 Å². The third-order valence-corrected chi connectivity index (χ3v) is 8.77. The molecule has 0 saturated heterocycles. The first-order chi connectivity index (χ1) is 24.9. The normalized spacial score (nSPS) is 16.3. The zero-order chi connectivity index (χ0) is 37.3. The highest BCUT2D eigenvalue weighted by atomic mass is 16.6. The van der Waals surface area contributed by atoms with Gasteiger partial charge in [-0.1, -0.05) is 24.3 Å². The highest BCUT2D eigenvalue weighted by Crippen LogP contribution is 2.32. The lowest BCUT2D eigenvalue weighted by Gasteiger charge is -2.29. The van der Waals surface area contributed by atoms with Gasteiger partial charge in [-0.05, 0) is 118 Å². The Balaban J connectivity index is 1.27. The molecule has 0 spiro atoms. The average Bonchev–Trinajstić information content (AvgIpc) is 3.66. The van der Waals surface area contributed by atoms with E-state index in [9.17, 15) is 24.3 Å². The predicted molar refractivity (Wildman–Crippen MR) is 194 cm³/mol. The molecule has 1 aliphatic carbocycles. The standard InChI is InChI=1S/C38H45N7O7/c1-5-51-32-21-28(36(48)49)16-19-30(32)25-10-6-23(7-11-25)20-31(35(47)40-29-17-14-26(15-18-29)33-42-44-45-43-33)41-34(46)27-12-8-24(9-13-27)22-39-37(50)52-38(2,3)4/h6-7,10-11,14-19,21,24,27,31H,5,8-9,12-13,20,22H2,1-4H3,(H,39,50)(H,40,47)(H,41,46)(H,48,49)(H,42,43,44,45)/t24?,27?,31-/m0/s1. The predicted octanol–water partition coefficient (Wildman–Crippen LogP) is 5.63. The minimum Gasteiger partial charge on any atom is -0.493 e. The summed E-state index contributed by atoms with van der Waals surface area (Å²) in [6.07, 6.45) is 2.56. The Hall–Kier alpha value is -5.79. The molecule has 5 N–H and O–H groups in total. The molecule has 1 fully saturated rings. The van der Waals surface area contributed by atoms with E-state index < -0.39 is 23.7 Å². The van der Waals surface area contributed by atoms with Gasteiger partial charge >= 0.3 is 12.1 Å². The van der Waals surface area contributed by atoms with E-state index in [-0.39, 0.29) is 35.6 Å². The van der Waals surface area contributed by atoms with E-state index in [1.165, 1.54) is 12.1 Å². The molecule has 14 heteroatoms. The van der Waals surface area contributed by atoms with Gasteiger partial charge in [0.15, 0.2) is 0 Å². The van der Waals surface area contributed by atoms with Gasteiger partial charge in [-0.2, -0.15) is 5.21 Å². The van der Waals surface area contributed by atoms with Crippen molar-refractivity contribution in [3.63, 3.8) is 0 Å². The molecule has 1 heterocycles. The molecule has 1 atom stereocenters. The SMILES string of the molecule is CCOc1cc(C(=O)O)ccc1-c1ccc(C[C@H](NC(=O)C2CCC(CNC(=O)OC(C)(C)C)CC2)C(=O)Nc2ccc(-c3nn[nH]n3)cc2)cc1. The lowest BCUT2D eigenvalue weighted by molar-refractivity contribution is -0.130. The summed E-state index contributed by atoms with van der Waals surface area (Å²) in [5, 5.41) is 32.2. The maximum Gasteiger partial charge on any atom is 0.407 e. The van der Waals surface area contributed by atoms with Gasteiger partial charge in [-0.15, -0.1) is 10.2 Å². The number of carboxylic acids is 1. The number of carbonyl (C=O) groups excluding carboxylic acids is 3. The number of carbonyl (C=O) groups is 4. The van der Waals surface area contributed by atoms with Crippen LogP contribution in [0.15, 0.2) is 66.7 Å². The Kier molecular flexibility index (Phi) is 12.2. The first-order valence-corrected chi connectivity index (χ1v) is 17.4. The van der Waals surface area contributed by atoms with Crippen LogP contribution in [-0.4, -0.2) is 74.4 Å². The fourth-order valence-corrected chi connectivity index (χ4v) is 6.11. The number of hydrogen-bond donors (Lipinski definition) is 5. The van der Waals surface area contributed by atoms with Crippen molar-refractivity contribution in [1.82, 2.24) is 31.3 Å². The van der Waals surface area contributed by atoms with E-state index in [1.807, 2.05) is 52.0 Å². The Morgan fingerprint density at radius 3 is 2.25 bits per heavy atom. The van der Waals surface area contributed by atoms with Gasteiger partial charge in [-0.25, -0.2) is 9.59 Å². The smallest absolute Gasteiger partial charge is 0.407 e. The summed E-state index contributed by atoms with van der Waals surface area (Å²) < 4.78 is 11.1. The van der Waals surface area contributed by atoms with Crippen molar-refractivity contribution in [3.05, 3.63) is 77.9 Å². The molecule has 3 aromatic carbocycles. The van der Waals surface area contributed by atoms with Crippen molar-refractivity contribution >= 4 is 29.6 Å². The lowest BCUT2D eigenvalue weighted by atomic mass is 9.81. The Morgan fingerprint density at radius 2 is 1.63 bits per heavy atom. The number of aromatic nitrogens is 4. The van der Waals surface area contributed by atoms with Gasteiger partial charge in [0.1, 0.15) is 17.4 Å². The van der Waals surface area contributed by atoms with Crippen molar-refractivity contribution in [1.29, 1.82) is 0 Å². The number of aromatic amines is 1. The van der Waals surface area contributed by atoms with Crippen LogP contribution in [0.1, 0.15) is 69.3 Å². The first kappa shape index (κ1) is 37.5. The van der Waals surface area contributed by atoms with E-state index in [4.69, 9.17) is 9.47 Å². The molecule has 1 aromatic heterocycles. The quantitative estimate of drug-likeness (QED) is 0.116. The molecule has 0 radical (unpaired) electrons. The molecule has 4 aromatic rings. The van der Waals surface area contributed by atoms with Gasteiger partial charge in [0.25, 0.3) is 0 Å². The number of anilines is 1. The number of nitrogens with one attached hydrogen (secondary N) is 4. The van der Waals surface area contributed by atoms with E-state index >= 15 is 0 Å². The summed E-state index contributed by atoms with van der Waals surface area (Å²) in [7, 11) is 0. The number of alkyl carbamates (subject to hydrolysis) is 1. The largest absolute Gasteiger partial charge is 0.493 e. The highest BCUT2D eigenvalue weighted by molar-refractivity contribution is 5.98. The van der Waals surface area contributed by atoms with Gasteiger partial charge in [-0.3, -0.25) is 9.59 Å². The summed E-state index contributed by atoms with van der Waals surface area (Å²) in [6.45, 7) is 8.12. The number of H-pyrrole nitrogens is 1. The molecule has 274 valence electrons. The number of rotatable bonds is 13. The Morgan fingerprint density at radius 1 is 0.942 bits per heavy atom. The van der Waals surface area contributed by atoms with Crippen molar-refractivity contribution in [2.45, 2.75) is 71.4 Å².